The van der Waals surface area contributed by atoms with E-state index in [0.29, 0.717) is 0 Å². The van der Waals surface area contributed by atoms with Crippen molar-refractivity contribution in [2.45, 2.75) is 26.2 Å². The van der Waals surface area contributed by atoms with E-state index in [1.807, 2.05) is 12.1 Å². The van der Waals surface area contributed by atoms with E-state index in [-0.39, 0.29) is 40.1 Å². The Bertz CT molecular complexity index is 218. The summed E-state index contributed by atoms with van der Waals surface area (Å²) >= 11 is 0. The van der Waals surface area contributed by atoms with Crippen molar-refractivity contribution >= 4 is 0 Å². The van der Waals surface area contributed by atoms with Crippen molar-refractivity contribution in [1.29, 1.82) is 0 Å². The largest absolute Gasteiger partial charge is 0.497 e. The molecule has 1 aromatic rings. The van der Waals surface area contributed by atoms with Crippen molar-refractivity contribution in [1.82, 2.24) is 0 Å². The van der Waals surface area contributed by atoms with Gasteiger partial charge >= 0.3 is 0 Å². The second-order valence-corrected chi connectivity index (χ2v) is 2.95. The standard InChI is InChI=1S/C11H16O.CH3.Y/c1-3-4-5-10-6-8-11(12-2)9-7-10;;/h6-9H,3-5H2,1-2H3;1H3;/q;-1;. The monoisotopic (exact) mass is 268 g/mol. The van der Waals surface area contributed by atoms with Crippen LogP contribution in [-0.2, 0) is 39.1 Å². The maximum atomic E-state index is 5.07. The van der Waals surface area contributed by atoms with E-state index in [4.69, 9.17) is 4.74 Å². The summed E-state index contributed by atoms with van der Waals surface area (Å²) in [6.45, 7) is 2.21. The average Bonchev–Trinajstić information content (AvgIpc) is 2.15. The molecule has 0 N–H and O–H groups in total. The minimum absolute atomic E-state index is 0. The van der Waals surface area contributed by atoms with Crippen LogP contribution >= 0.6 is 0 Å². The second-order valence-electron chi connectivity index (χ2n) is 2.95. The molecule has 0 atom stereocenters. The Morgan fingerprint density at radius 1 is 1.14 bits per heavy atom. The van der Waals surface area contributed by atoms with E-state index in [2.05, 4.69) is 19.1 Å². The van der Waals surface area contributed by atoms with Crippen molar-refractivity contribution in [3.63, 3.8) is 0 Å². The number of aryl methyl sites for hydroxylation is 1. The molecular formula is C12H19OY-. The first-order valence-corrected chi connectivity index (χ1v) is 4.49. The minimum Gasteiger partial charge on any atom is -0.497 e. The molecule has 1 rings (SSSR count). The fraction of sp³-hybridized carbons (Fsp3) is 0.417. The van der Waals surface area contributed by atoms with Crippen LogP contribution in [0.2, 0.25) is 0 Å². The van der Waals surface area contributed by atoms with E-state index >= 15 is 0 Å². The summed E-state index contributed by atoms with van der Waals surface area (Å²) in [5.41, 5.74) is 1.40. The molecule has 0 unspecified atom stereocenters. The van der Waals surface area contributed by atoms with E-state index in [1.165, 1.54) is 24.8 Å². The van der Waals surface area contributed by atoms with Crippen molar-refractivity contribution in [2.24, 2.45) is 0 Å². The summed E-state index contributed by atoms with van der Waals surface area (Å²) in [6, 6.07) is 8.30. The van der Waals surface area contributed by atoms with Gasteiger partial charge in [-0.25, -0.2) is 0 Å². The number of hydrogen-bond donors (Lipinski definition) is 0. The number of hydrogen-bond acceptors (Lipinski definition) is 1. The fourth-order valence-electron chi connectivity index (χ4n) is 1.17. The third-order valence-corrected chi connectivity index (χ3v) is 1.98. The molecule has 0 bridgehead atoms. The van der Waals surface area contributed by atoms with Gasteiger partial charge in [-0.2, -0.15) is 0 Å². The van der Waals surface area contributed by atoms with E-state index < -0.39 is 0 Å². The molecule has 1 nitrogen and oxygen atoms in total. The van der Waals surface area contributed by atoms with Crippen LogP contribution in [0.1, 0.15) is 25.3 Å². The maximum absolute atomic E-state index is 5.07. The summed E-state index contributed by atoms with van der Waals surface area (Å²) in [5, 5.41) is 0. The molecular weight excluding hydrogens is 249 g/mol. The Hall–Kier alpha value is 0.124. The zero-order chi connectivity index (χ0) is 8.81. The summed E-state index contributed by atoms with van der Waals surface area (Å²) in [4.78, 5) is 0. The van der Waals surface area contributed by atoms with Crippen molar-refractivity contribution in [3.05, 3.63) is 37.3 Å². The van der Waals surface area contributed by atoms with E-state index in [9.17, 15) is 0 Å². The molecule has 0 aliphatic heterocycles. The molecule has 2 heteroatoms. The predicted molar refractivity (Wildman–Crippen MR) is 58.0 cm³/mol. The van der Waals surface area contributed by atoms with Gasteiger partial charge in [0.2, 0.25) is 0 Å². The molecule has 0 aliphatic carbocycles. The summed E-state index contributed by atoms with van der Waals surface area (Å²) in [7, 11) is 1.70. The molecule has 0 saturated carbocycles. The van der Waals surface area contributed by atoms with Crippen molar-refractivity contribution < 1.29 is 37.4 Å². The first-order valence-electron chi connectivity index (χ1n) is 4.49. The molecule has 1 radical (unpaired) electrons. The van der Waals surface area contributed by atoms with Crippen molar-refractivity contribution in [2.75, 3.05) is 7.11 Å². The summed E-state index contributed by atoms with van der Waals surface area (Å²) in [5.74, 6) is 0.940. The number of unbranched alkanes of at least 4 members (excludes halogenated alkanes) is 1. The van der Waals surface area contributed by atoms with Crippen LogP contribution < -0.4 is 4.74 Å². The number of ether oxygens (including phenoxy) is 1. The molecule has 14 heavy (non-hydrogen) atoms. The maximum Gasteiger partial charge on any atom is 0.118 e. The average molecular weight is 268 g/mol. The molecule has 0 heterocycles. The van der Waals surface area contributed by atoms with Gasteiger partial charge in [0.15, 0.2) is 0 Å². The summed E-state index contributed by atoms with van der Waals surface area (Å²) < 4.78 is 5.07. The number of benzene rings is 1. The zero-order valence-corrected chi connectivity index (χ0v) is 12.3. The van der Waals surface area contributed by atoms with Crippen LogP contribution in [0, 0.1) is 7.43 Å². The SMILES string of the molecule is CCCCc1ccc(OC)cc1.[CH3-].[Y]. The first kappa shape index (κ1) is 16.5. The van der Waals surface area contributed by atoms with Crippen LogP contribution in [0.15, 0.2) is 24.3 Å². The smallest absolute Gasteiger partial charge is 0.118 e. The van der Waals surface area contributed by atoms with Crippen LogP contribution in [0.3, 0.4) is 0 Å². The predicted octanol–water partition coefficient (Wildman–Crippen LogP) is 3.49. The van der Waals surface area contributed by atoms with Crippen LogP contribution in [0.25, 0.3) is 0 Å². The normalized spacial score (nSPS) is 8.43. The third-order valence-electron chi connectivity index (χ3n) is 1.98. The topological polar surface area (TPSA) is 9.23 Å². The molecule has 1 aromatic carbocycles. The van der Waals surface area contributed by atoms with Crippen LogP contribution in [-0.4, -0.2) is 7.11 Å². The van der Waals surface area contributed by atoms with Gasteiger partial charge < -0.3 is 12.2 Å². The van der Waals surface area contributed by atoms with Gasteiger partial charge in [-0.3, -0.25) is 0 Å². The van der Waals surface area contributed by atoms with Gasteiger partial charge in [-0.05, 0) is 30.5 Å². The quantitative estimate of drug-likeness (QED) is 0.759. The Balaban J connectivity index is 0. The zero-order valence-electron chi connectivity index (χ0n) is 9.42. The van der Waals surface area contributed by atoms with Crippen LogP contribution in [0.5, 0.6) is 5.75 Å². The molecule has 0 aliphatic rings. The molecule has 0 saturated heterocycles. The van der Waals surface area contributed by atoms with Crippen molar-refractivity contribution in [3.8, 4) is 5.75 Å². The third kappa shape index (κ3) is 5.77. The number of methoxy groups -OCH3 is 1. The molecule has 0 fully saturated rings. The minimum atomic E-state index is 0. The molecule has 0 aromatic heterocycles. The fourth-order valence-corrected chi connectivity index (χ4v) is 1.17. The van der Waals surface area contributed by atoms with Gasteiger partial charge in [-0.1, -0.05) is 25.5 Å². The number of rotatable bonds is 4. The molecule has 77 valence electrons. The summed E-state index contributed by atoms with van der Waals surface area (Å²) in [6.07, 6.45) is 3.71. The van der Waals surface area contributed by atoms with Gasteiger partial charge in [0.1, 0.15) is 5.75 Å². The Labute approximate surface area is 113 Å². The van der Waals surface area contributed by atoms with Gasteiger partial charge in [0, 0.05) is 32.7 Å². The van der Waals surface area contributed by atoms with E-state index in [1.54, 1.807) is 7.11 Å². The Morgan fingerprint density at radius 3 is 2.14 bits per heavy atom. The van der Waals surface area contributed by atoms with E-state index in [0.717, 1.165) is 5.75 Å². The Morgan fingerprint density at radius 2 is 1.71 bits per heavy atom. The van der Waals surface area contributed by atoms with Gasteiger partial charge in [0.25, 0.3) is 0 Å². The molecule has 0 amide bonds. The first-order chi connectivity index (χ1) is 5.86. The van der Waals surface area contributed by atoms with Gasteiger partial charge in [-0.15, -0.1) is 0 Å². The second kappa shape index (κ2) is 9.67. The Kier molecular flexibility index (Phi) is 11.4. The van der Waals surface area contributed by atoms with Gasteiger partial charge in [0.05, 0.1) is 7.11 Å². The molecule has 0 spiro atoms. The van der Waals surface area contributed by atoms with Crippen LogP contribution in [0.4, 0.5) is 0 Å².